The number of nitrogens with zero attached hydrogens (tertiary/aromatic N) is 3. The van der Waals surface area contributed by atoms with E-state index in [2.05, 4.69) is 10.3 Å². The van der Waals surface area contributed by atoms with Crippen LogP contribution in [0.1, 0.15) is 0 Å². The van der Waals surface area contributed by atoms with Crippen molar-refractivity contribution >= 4 is 10.0 Å². The summed E-state index contributed by atoms with van der Waals surface area (Å²) < 4.78 is 22.3. The van der Waals surface area contributed by atoms with Crippen LogP contribution in [0.5, 0.6) is 0 Å². The van der Waals surface area contributed by atoms with Gasteiger partial charge in [-0.15, -0.1) is 5.10 Å². The van der Waals surface area contributed by atoms with Crippen molar-refractivity contribution < 1.29 is 8.42 Å². The molecule has 0 saturated carbocycles. The zero-order chi connectivity index (χ0) is 7.78. The molecule has 2 N–H and O–H groups in total. The van der Waals surface area contributed by atoms with Crippen molar-refractivity contribution in [2.24, 2.45) is 12.2 Å². The second-order valence-corrected chi connectivity index (χ2v) is 3.25. The number of aromatic nitrogens is 3. The predicted molar refractivity (Wildman–Crippen MR) is 32.4 cm³/mol. The Morgan fingerprint density at radius 2 is 2.30 bits per heavy atom. The van der Waals surface area contributed by atoms with Crippen LogP contribution in [-0.2, 0) is 17.1 Å². The van der Waals surface area contributed by atoms with Crippen molar-refractivity contribution in [3.05, 3.63) is 6.20 Å². The van der Waals surface area contributed by atoms with Crippen LogP contribution >= 0.6 is 0 Å². The lowest BCUT2D eigenvalue weighted by Gasteiger charge is -1.93. The summed E-state index contributed by atoms with van der Waals surface area (Å²) >= 11 is 0. The first kappa shape index (κ1) is 7.16. The number of hydrogen-bond donors (Lipinski definition) is 1. The highest BCUT2D eigenvalue weighted by atomic mass is 32.2. The Bertz CT molecular complexity index is 326. The third-order valence-corrected chi connectivity index (χ3v) is 1.92. The number of primary sulfonamides is 1. The van der Waals surface area contributed by atoms with Crippen molar-refractivity contribution in [2.45, 2.75) is 5.03 Å². The summed E-state index contributed by atoms with van der Waals surface area (Å²) in [7, 11) is -2.20. The summed E-state index contributed by atoms with van der Waals surface area (Å²) in [6.07, 6.45) is 1.09. The van der Waals surface area contributed by atoms with Crippen LogP contribution in [0.25, 0.3) is 0 Å². The van der Waals surface area contributed by atoms with E-state index in [1.54, 1.807) is 0 Å². The zero-order valence-corrected chi connectivity index (χ0v) is 6.04. The first-order valence-corrected chi connectivity index (χ1v) is 3.94. The largest absolute Gasteiger partial charge is 0.256 e. The Morgan fingerprint density at radius 1 is 1.70 bits per heavy atom. The molecule has 1 rings (SSSR count). The van der Waals surface area contributed by atoms with Gasteiger partial charge in [0, 0.05) is 7.05 Å². The number of aryl methyl sites for hydroxylation is 1. The maximum absolute atomic E-state index is 10.6. The van der Waals surface area contributed by atoms with Crippen LogP contribution in [-0.4, -0.2) is 23.4 Å². The minimum Gasteiger partial charge on any atom is -0.236 e. The highest BCUT2D eigenvalue weighted by Gasteiger charge is 2.11. The van der Waals surface area contributed by atoms with Gasteiger partial charge in [0.2, 0.25) is 0 Å². The SMILES string of the molecule is Cn1nncc1S(N)(=O)=O. The Balaban J connectivity index is 3.32. The molecule has 1 heterocycles. The first-order valence-electron chi connectivity index (χ1n) is 2.39. The molecule has 7 heteroatoms. The van der Waals surface area contributed by atoms with E-state index in [9.17, 15) is 8.42 Å². The van der Waals surface area contributed by atoms with Gasteiger partial charge in [0.15, 0.2) is 5.03 Å². The lowest BCUT2D eigenvalue weighted by atomic mass is 10.9. The van der Waals surface area contributed by atoms with E-state index in [1.165, 1.54) is 7.05 Å². The van der Waals surface area contributed by atoms with Gasteiger partial charge in [-0.05, 0) is 0 Å². The molecular weight excluding hydrogens is 156 g/mol. The average Bonchev–Trinajstić information content (AvgIpc) is 2.11. The van der Waals surface area contributed by atoms with E-state index in [1.807, 2.05) is 0 Å². The fourth-order valence-electron chi connectivity index (χ4n) is 0.538. The average molecular weight is 162 g/mol. The van der Waals surface area contributed by atoms with Crippen LogP contribution in [0.4, 0.5) is 0 Å². The van der Waals surface area contributed by atoms with Gasteiger partial charge >= 0.3 is 0 Å². The second kappa shape index (κ2) is 2.03. The molecule has 0 atom stereocenters. The van der Waals surface area contributed by atoms with Crippen LogP contribution in [0.3, 0.4) is 0 Å². The van der Waals surface area contributed by atoms with E-state index in [4.69, 9.17) is 5.14 Å². The fraction of sp³-hybridized carbons (Fsp3) is 0.333. The lowest BCUT2D eigenvalue weighted by Crippen LogP contribution is -2.16. The number of sulfonamides is 1. The summed E-state index contributed by atoms with van der Waals surface area (Å²) in [5, 5.41) is 11.4. The van der Waals surface area contributed by atoms with Crippen LogP contribution in [0, 0.1) is 0 Å². The van der Waals surface area contributed by atoms with Gasteiger partial charge in [-0.3, -0.25) is 0 Å². The van der Waals surface area contributed by atoms with E-state index in [0.29, 0.717) is 0 Å². The minimum absolute atomic E-state index is 0.0903. The summed E-state index contributed by atoms with van der Waals surface area (Å²) in [6, 6.07) is 0. The first-order chi connectivity index (χ1) is 4.52. The topological polar surface area (TPSA) is 90.9 Å². The van der Waals surface area contributed by atoms with E-state index in [0.717, 1.165) is 10.9 Å². The molecule has 1 aromatic rings. The van der Waals surface area contributed by atoms with E-state index >= 15 is 0 Å². The molecule has 0 aliphatic heterocycles. The minimum atomic E-state index is -3.65. The highest BCUT2D eigenvalue weighted by Crippen LogP contribution is 1.98. The summed E-state index contributed by atoms with van der Waals surface area (Å²) in [5.41, 5.74) is 0. The maximum Gasteiger partial charge on any atom is 0.256 e. The van der Waals surface area contributed by atoms with Gasteiger partial charge < -0.3 is 0 Å². The Labute approximate surface area is 57.7 Å². The van der Waals surface area contributed by atoms with Crippen LogP contribution < -0.4 is 5.14 Å². The monoisotopic (exact) mass is 162 g/mol. The molecule has 0 aliphatic carbocycles. The molecule has 0 saturated heterocycles. The van der Waals surface area contributed by atoms with Gasteiger partial charge in [-0.25, -0.2) is 18.2 Å². The number of nitrogens with two attached hydrogens (primary N) is 1. The molecule has 0 aliphatic rings. The van der Waals surface area contributed by atoms with Crippen molar-refractivity contribution in [3.63, 3.8) is 0 Å². The smallest absolute Gasteiger partial charge is 0.236 e. The normalized spacial score (nSPS) is 11.8. The molecule has 0 radical (unpaired) electrons. The predicted octanol–water partition coefficient (Wildman–Crippen LogP) is -1.54. The van der Waals surface area contributed by atoms with Crippen molar-refractivity contribution in [2.75, 3.05) is 0 Å². The van der Waals surface area contributed by atoms with Gasteiger partial charge in [-0.2, -0.15) is 0 Å². The Morgan fingerprint density at radius 3 is 2.50 bits per heavy atom. The Kier molecular flexibility index (Phi) is 1.45. The van der Waals surface area contributed by atoms with E-state index in [-0.39, 0.29) is 5.03 Å². The summed E-state index contributed by atoms with van der Waals surface area (Å²) in [5.74, 6) is 0. The molecule has 0 aromatic carbocycles. The quantitative estimate of drug-likeness (QED) is 0.542. The van der Waals surface area contributed by atoms with E-state index < -0.39 is 10.0 Å². The lowest BCUT2D eigenvalue weighted by molar-refractivity contribution is 0.576. The van der Waals surface area contributed by atoms with Gasteiger partial charge in [-0.1, -0.05) is 5.21 Å². The van der Waals surface area contributed by atoms with Gasteiger partial charge in [0.1, 0.15) is 0 Å². The molecule has 56 valence electrons. The highest BCUT2D eigenvalue weighted by molar-refractivity contribution is 7.89. The fourth-order valence-corrected chi connectivity index (χ4v) is 1.14. The Hall–Kier alpha value is -0.950. The van der Waals surface area contributed by atoms with Gasteiger partial charge in [0.05, 0.1) is 6.20 Å². The third-order valence-electron chi connectivity index (χ3n) is 0.964. The number of rotatable bonds is 1. The van der Waals surface area contributed by atoms with Crippen LogP contribution in [0.2, 0.25) is 0 Å². The molecule has 1 aromatic heterocycles. The standard InChI is InChI=1S/C3H6N4O2S/c1-7-3(2-5-6-7)10(4,8)9/h2H,1H3,(H2,4,8,9). The number of hydrogen-bond acceptors (Lipinski definition) is 4. The molecular formula is C3H6N4O2S. The van der Waals surface area contributed by atoms with Gasteiger partial charge in [0.25, 0.3) is 10.0 Å². The summed E-state index contributed by atoms with van der Waals surface area (Å²) in [6.45, 7) is 0. The molecule has 0 bridgehead atoms. The molecule has 0 amide bonds. The molecule has 0 unspecified atom stereocenters. The molecule has 0 fully saturated rings. The van der Waals surface area contributed by atoms with Crippen molar-refractivity contribution in [1.82, 2.24) is 15.0 Å². The zero-order valence-electron chi connectivity index (χ0n) is 5.22. The summed E-state index contributed by atoms with van der Waals surface area (Å²) in [4.78, 5) is 0. The van der Waals surface area contributed by atoms with Crippen molar-refractivity contribution in [3.8, 4) is 0 Å². The third kappa shape index (κ3) is 1.14. The molecule has 10 heavy (non-hydrogen) atoms. The van der Waals surface area contributed by atoms with Crippen molar-refractivity contribution in [1.29, 1.82) is 0 Å². The molecule has 6 nitrogen and oxygen atoms in total. The van der Waals surface area contributed by atoms with Crippen LogP contribution in [0.15, 0.2) is 11.2 Å². The molecule has 0 spiro atoms. The maximum atomic E-state index is 10.6. The second-order valence-electron chi connectivity index (χ2n) is 1.74.